The second-order valence-electron chi connectivity index (χ2n) is 6.37. The Morgan fingerprint density at radius 2 is 1.76 bits per heavy atom. The fraction of sp³-hybridized carbons (Fsp3) is 0.929. The second-order valence-corrected chi connectivity index (χ2v) is 6.37. The highest BCUT2D eigenvalue weighted by molar-refractivity contribution is 5.80. The van der Waals surface area contributed by atoms with Crippen molar-refractivity contribution in [2.75, 3.05) is 13.1 Å². The minimum Gasteiger partial charge on any atom is -0.389 e. The number of amides is 1. The lowest BCUT2D eigenvalue weighted by atomic mass is 9.95. The topological polar surface area (TPSA) is 40.5 Å². The summed E-state index contributed by atoms with van der Waals surface area (Å²) in [5, 5.41) is 9.86. The van der Waals surface area contributed by atoms with Gasteiger partial charge in [0, 0.05) is 19.0 Å². The number of likely N-dealkylation sites (N-methyl/N-ethyl adjacent to an activating group) is 1. The maximum atomic E-state index is 12.5. The van der Waals surface area contributed by atoms with Crippen LogP contribution in [0.15, 0.2) is 0 Å². The second kappa shape index (κ2) is 4.60. The van der Waals surface area contributed by atoms with Crippen molar-refractivity contribution in [2.24, 2.45) is 17.8 Å². The van der Waals surface area contributed by atoms with Crippen molar-refractivity contribution in [2.45, 2.75) is 52.1 Å². The molecule has 0 atom stereocenters. The van der Waals surface area contributed by atoms with Gasteiger partial charge in [-0.3, -0.25) is 4.79 Å². The van der Waals surface area contributed by atoms with Crippen LogP contribution < -0.4 is 0 Å². The first kappa shape index (κ1) is 12.9. The van der Waals surface area contributed by atoms with Gasteiger partial charge >= 0.3 is 0 Å². The highest BCUT2D eigenvalue weighted by atomic mass is 16.3. The summed E-state index contributed by atoms with van der Waals surface area (Å²) in [4.78, 5) is 14.4. The third-order valence-corrected chi connectivity index (χ3v) is 3.82. The zero-order valence-electron chi connectivity index (χ0n) is 11.3. The molecule has 98 valence electrons. The maximum absolute atomic E-state index is 12.5. The minimum absolute atomic E-state index is 0.261. The fourth-order valence-electron chi connectivity index (χ4n) is 2.72. The van der Waals surface area contributed by atoms with Crippen molar-refractivity contribution in [3.05, 3.63) is 0 Å². The number of hydrogen-bond acceptors (Lipinski definition) is 2. The summed E-state index contributed by atoms with van der Waals surface area (Å²) in [5.41, 5.74) is -0.788. The normalized spacial score (nSPS) is 20.8. The molecule has 2 saturated carbocycles. The Morgan fingerprint density at radius 1 is 1.29 bits per heavy atom. The molecule has 2 aliphatic carbocycles. The Balaban J connectivity index is 1.99. The largest absolute Gasteiger partial charge is 0.389 e. The zero-order valence-corrected chi connectivity index (χ0v) is 11.3. The Bertz CT molecular complexity index is 275. The van der Waals surface area contributed by atoms with Crippen molar-refractivity contribution >= 4 is 5.91 Å². The lowest BCUT2D eigenvalue weighted by Gasteiger charge is -2.31. The summed E-state index contributed by atoms with van der Waals surface area (Å²) < 4.78 is 0. The maximum Gasteiger partial charge on any atom is 0.226 e. The van der Waals surface area contributed by atoms with E-state index in [1.54, 1.807) is 13.8 Å². The Morgan fingerprint density at radius 3 is 2.06 bits per heavy atom. The first-order chi connectivity index (χ1) is 7.92. The molecule has 2 aliphatic rings. The first-order valence-electron chi connectivity index (χ1n) is 6.93. The van der Waals surface area contributed by atoms with Crippen LogP contribution in [0.2, 0.25) is 0 Å². The standard InChI is InChI=1S/C14H25NO2/c1-4-15(9-14(2,3)17)13(16)12(10-5-6-10)11-7-8-11/h10-12,17H,4-9H2,1-3H3. The molecule has 3 nitrogen and oxygen atoms in total. The van der Waals surface area contributed by atoms with Crippen molar-refractivity contribution < 1.29 is 9.90 Å². The van der Waals surface area contributed by atoms with Crippen LogP contribution >= 0.6 is 0 Å². The molecule has 2 rings (SSSR count). The summed E-state index contributed by atoms with van der Waals surface area (Å²) >= 11 is 0. The van der Waals surface area contributed by atoms with Gasteiger partial charge in [-0.25, -0.2) is 0 Å². The summed E-state index contributed by atoms with van der Waals surface area (Å²) in [7, 11) is 0. The molecule has 0 heterocycles. The molecule has 0 aliphatic heterocycles. The van der Waals surface area contributed by atoms with E-state index in [0.29, 0.717) is 30.8 Å². The third kappa shape index (κ3) is 3.44. The molecular weight excluding hydrogens is 214 g/mol. The van der Waals surface area contributed by atoms with Crippen LogP contribution in [0.4, 0.5) is 0 Å². The van der Waals surface area contributed by atoms with Gasteiger partial charge in [0.15, 0.2) is 0 Å². The summed E-state index contributed by atoms with van der Waals surface area (Å²) in [6.07, 6.45) is 4.92. The molecular formula is C14H25NO2. The molecule has 17 heavy (non-hydrogen) atoms. The van der Waals surface area contributed by atoms with Gasteiger partial charge in [0.2, 0.25) is 5.91 Å². The van der Waals surface area contributed by atoms with E-state index >= 15 is 0 Å². The van der Waals surface area contributed by atoms with Gasteiger partial charge in [0.05, 0.1) is 5.60 Å². The Hall–Kier alpha value is -0.570. The SMILES string of the molecule is CCN(CC(C)(C)O)C(=O)C(C1CC1)C1CC1. The van der Waals surface area contributed by atoms with E-state index < -0.39 is 5.60 Å². The predicted molar refractivity (Wildman–Crippen MR) is 67.5 cm³/mol. The van der Waals surface area contributed by atoms with Crippen molar-refractivity contribution in [3.63, 3.8) is 0 Å². The van der Waals surface area contributed by atoms with E-state index in [0.717, 1.165) is 0 Å². The van der Waals surface area contributed by atoms with Gasteiger partial charge in [-0.15, -0.1) is 0 Å². The quantitative estimate of drug-likeness (QED) is 0.770. The van der Waals surface area contributed by atoms with Gasteiger partial charge in [-0.1, -0.05) is 0 Å². The van der Waals surface area contributed by atoms with Crippen LogP contribution in [-0.2, 0) is 4.79 Å². The van der Waals surface area contributed by atoms with Crippen LogP contribution in [0.1, 0.15) is 46.5 Å². The molecule has 0 bridgehead atoms. The average molecular weight is 239 g/mol. The van der Waals surface area contributed by atoms with Crippen LogP contribution in [-0.4, -0.2) is 34.6 Å². The van der Waals surface area contributed by atoms with Crippen molar-refractivity contribution in [1.82, 2.24) is 4.90 Å². The van der Waals surface area contributed by atoms with Crippen molar-refractivity contribution in [1.29, 1.82) is 0 Å². The zero-order chi connectivity index (χ0) is 12.6. The number of carbonyl (C=O) groups is 1. The van der Waals surface area contributed by atoms with E-state index in [4.69, 9.17) is 0 Å². The highest BCUT2D eigenvalue weighted by Crippen LogP contribution is 2.49. The number of rotatable bonds is 6. The number of aliphatic hydroxyl groups is 1. The Kier molecular flexibility index (Phi) is 3.48. The first-order valence-corrected chi connectivity index (χ1v) is 6.93. The van der Waals surface area contributed by atoms with Gasteiger partial charge < -0.3 is 10.0 Å². The van der Waals surface area contributed by atoms with E-state index in [-0.39, 0.29) is 5.92 Å². The highest BCUT2D eigenvalue weighted by Gasteiger charge is 2.47. The number of hydrogen-bond donors (Lipinski definition) is 1. The monoisotopic (exact) mass is 239 g/mol. The van der Waals surface area contributed by atoms with Gasteiger partial charge in [-0.2, -0.15) is 0 Å². The smallest absolute Gasteiger partial charge is 0.226 e. The van der Waals surface area contributed by atoms with E-state index in [2.05, 4.69) is 0 Å². The van der Waals surface area contributed by atoms with E-state index in [1.165, 1.54) is 25.7 Å². The lowest BCUT2D eigenvalue weighted by Crippen LogP contribution is -2.45. The number of carbonyl (C=O) groups excluding carboxylic acids is 1. The molecule has 2 fully saturated rings. The predicted octanol–water partition coefficient (Wildman–Crippen LogP) is 2.04. The average Bonchev–Trinajstić information content (AvgIpc) is 3.05. The van der Waals surface area contributed by atoms with Crippen LogP contribution in [0.3, 0.4) is 0 Å². The van der Waals surface area contributed by atoms with Crippen LogP contribution in [0.25, 0.3) is 0 Å². The third-order valence-electron chi connectivity index (χ3n) is 3.82. The number of nitrogens with zero attached hydrogens (tertiary/aromatic N) is 1. The summed E-state index contributed by atoms with van der Waals surface area (Å²) in [6, 6.07) is 0. The molecule has 1 N–H and O–H groups in total. The van der Waals surface area contributed by atoms with Crippen molar-refractivity contribution in [3.8, 4) is 0 Å². The molecule has 0 aromatic carbocycles. The van der Waals surface area contributed by atoms with Crippen LogP contribution in [0, 0.1) is 17.8 Å². The van der Waals surface area contributed by atoms with Crippen LogP contribution in [0.5, 0.6) is 0 Å². The molecule has 0 aromatic heterocycles. The summed E-state index contributed by atoms with van der Waals surface area (Å²) in [5.74, 6) is 1.84. The molecule has 0 spiro atoms. The molecule has 0 radical (unpaired) electrons. The van der Waals surface area contributed by atoms with Gasteiger partial charge in [-0.05, 0) is 58.3 Å². The fourth-order valence-corrected chi connectivity index (χ4v) is 2.72. The van der Waals surface area contributed by atoms with Gasteiger partial charge in [0.1, 0.15) is 0 Å². The van der Waals surface area contributed by atoms with E-state index in [1.807, 2.05) is 11.8 Å². The summed E-state index contributed by atoms with van der Waals surface area (Å²) in [6.45, 7) is 6.70. The van der Waals surface area contributed by atoms with E-state index in [9.17, 15) is 9.90 Å². The molecule has 0 aromatic rings. The molecule has 3 heteroatoms. The molecule has 0 unspecified atom stereocenters. The minimum atomic E-state index is -0.788. The Labute approximate surface area is 104 Å². The lowest BCUT2D eigenvalue weighted by molar-refractivity contribution is -0.139. The molecule has 1 amide bonds. The van der Waals surface area contributed by atoms with Gasteiger partial charge in [0.25, 0.3) is 0 Å². The molecule has 0 saturated heterocycles.